The first kappa shape index (κ1) is 17.6. The summed E-state index contributed by atoms with van der Waals surface area (Å²) in [6.45, 7) is 9.49. The Bertz CT molecular complexity index is 910. The number of hydrogen-bond acceptors (Lipinski definition) is 4. The van der Waals surface area contributed by atoms with Gasteiger partial charge in [-0.1, -0.05) is 6.58 Å². The van der Waals surface area contributed by atoms with E-state index in [9.17, 15) is 0 Å². The molecule has 3 rings (SSSR count). The van der Waals surface area contributed by atoms with Crippen LogP contribution in [0.5, 0.6) is 28.9 Å². The fourth-order valence-electron chi connectivity index (χ4n) is 2.49. The van der Waals surface area contributed by atoms with E-state index in [1.165, 1.54) is 0 Å². The quantitative estimate of drug-likeness (QED) is 0.548. The van der Waals surface area contributed by atoms with E-state index in [0.29, 0.717) is 5.76 Å². The molecule has 0 fully saturated rings. The highest BCUT2D eigenvalue weighted by Crippen LogP contribution is 2.29. The van der Waals surface area contributed by atoms with Crippen LogP contribution in [0.15, 0.2) is 60.9 Å². The molecule has 2 aromatic carbocycles. The molecule has 0 saturated heterocycles. The molecule has 0 unspecified atom stereocenters. The molecule has 0 aliphatic heterocycles. The van der Waals surface area contributed by atoms with E-state index in [1.807, 2.05) is 76.3 Å². The molecule has 1 aromatic heterocycles. The number of aryl methyl sites for hydroxylation is 2. The molecule has 134 valence electrons. The molecule has 3 aromatic rings. The molecule has 1 heterocycles. The highest BCUT2D eigenvalue weighted by molar-refractivity contribution is 5.40. The topological polar surface area (TPSA) is 45.5 Å². The Morgan fingerprint density at radius 2 is 1.31 bits per heavy atom. The van der Waals surface area contributed by atoms with E-state index >= 15 is 0 Å². The van der Waals surface area contributed by atoms with Gasteiger partial charge in [-0.3, -0.25) is 0 Å². The molecule has 0 atom stereocenters. The van der Waals surface area contributed by atoms with Crippen molar-refractivity contribution in [3.63, 3.8) is 0 Å². The molecular formula is C21H22N2O3. The van der Waals surface area contributed by atoms with Crippen molar-refractivity contribution in [3.8, 4) is 28.9 Å². The van der Waals surface area contributed by atoms with Gasteiger partial charge in [0, 0.05) is 12.6 Å². The monoisotopic (exact) mass is 350 g/mol. The van der Waals surface area contributed by atoms with Gasteiger partial charge in [-0.2, -0.15) is 5.10 Å². The molecule has 0 saturated carbocycles. The number of rotatable bonds is 6. The van der Waals surface area contributed by atoms with Crippen LogP contribution in [-0.4, -0.2) is 9.78 Å². The Morgan fingerprint density at radius 1 is 0.846 bits per heavy atom. The number of allylic oxidation sites excluding steroid dienone is 1. The third-order valence-corrected chi connectivity index (χ3v) is 3.85. The summed E-state index contributed by atoms with van der Waals surface area (Å²) in [6, 6.07) is 14.9. The average molecular weight is 350 g/mol. The standard InChI is InChI=1S/C21H22N2O3/c1-14(2)24-17-6-8-18(9-7-17)25-19-10-12-20(13-11-19)26-21-15(3)16(4)22-23(21)5/h6-13H,1H2,2-5H3. The van der Waals surface area contributed by atoms with Crippen LogP contribution < -0.4 is 14.2 Å². The molecule has 5 nitrogen and oxygen atoms in total. The van der Waals surface area contributed by atoms with Gasteiger partial charge in [0.25, 0.3) is 0 Å². The summed E-state index contributed by atoms with van der Waals surface area (Å²) < 4.78 is 19.0. The Labute approximate surface area is 153 Å². The lowest BCUT2D eigenvalue weighted by atomic mass is 10.3. The van der Waals surface area contributed by atoms with E-state index in [0.717, 1.165) is 40.1 Å². The van der Waals surface area contributed by atoms with E-state index in [1.54, 1.807) is 4.68 Å². The minimum absolute atomic E-state index is 0.646. The number of nitrogens with zero attached hydrogens (tertiary/aromatic N) is 2. The van der Waals surface area contributed by atoms with Crippen LogP contribution in [0.2, 0.25) is 0 Å². The van der Waals surface area contributed by atoms with Crippen molar-refractivity contribution >= 4 is 0 Å². The highest BCUT2D eigenvalue weighted by Gasteiger charge is 2.11. The van der Waals surface area contributed by atoms with Gasteiger partial charge in [0.2, 0.25) is 5.88 Å². The maximum absolute atomic E-state index is 5.94. The second-order valence-corrected chi connectivity index (χ2v) is 6.09. The first-order valence-electron chi connectivity index (χ1n) is 8.32. The third kappa shape index (κ3) is 4.06. The van der Waals surface area contributed by atoms with Crippen molar-refractivity contribution in [3.05, 3.63) is 72.1 Å². The maximum atomic E-state index is 5.94. The maximum Gasteiger partial charge on any atom is 0.220 e. The Morgan fingerprint density at radius 3 is 1.73 bits per heavy atom. The van der Waals surface area contributed by atoms with Gasteiger partial charge in [0.05, 0.1) is 11.5 Å². The highest BCUT2D eigenvalue weighted by atomic mass is 16.5. The summed E-state index contributed by atoms with van der Waals surface area (Å²) in [5.41, 5.74) is 1.99. The summed E-state index contributed by atoms with van der Waals surface area (Å²) in [4.78, 5) is 0. The zero-order valence-corrected chi connectivity index (χ0v) is 15.4. The van der Waals surface area contributed by atoms with Crippen molar-refractivity contribution in [1.29, 1.82) is 0 Å². The SMILES string of the molecule is C=C(C)Oc1ccc(Oc2ccc(Oc3c(C)c(C)nn3C)cc2)cc1. The minimum Gasteiger partial charge on any atom is -0.463 e. The lowest BCUT2D eigenvalue weighted by molar-refractivity contribution is 0.424. The van der Waals surface area contributed by atoms with Crippen molar-refractivity contribution in [2.24, 2.45) is 7.05 Å². The lowest BCUT2D eigenvalue weighted by Crippen LogP contribution is -1.96. The second kappa shape index (κ2) is 7.35. The summed E-state index contributed by atoms with van der Waals surface area (Å²) in [7, 11) is 1.87. The van der Waals surface area contributed by atoms with Gasteiger partial charge in [-0.05, 0) is 69.3 Å². The number of aromatic nitrogens is 2. The molecule has 0 aliphatic carbocycles. The fraction of sp³-hybridized carbons (Fsp3) is 0.190. The smallest absolute Gasteiger partial charge is 0.220 e. The summed E-state index contributed by atoms with van der Waals surface area (Å²) >= 11 is 0. The third-order valence-electron chi connectivity index (χ3n) is 3.85. The van der Waals surface area contributed by atoms with Crippen LogP contribution in [0.4, 0.5) is 0 Å². The van der Waals surface area contributed by atoms with E-state index in [4.69, 9.17) is 14.2 Å². The van der Waals surface area contributed by atoms with Crippen LogP contribution in [0.25, 0.3) is 0 Å². The summed E-state index contributed by atoms with van der Waals surface area (Å²) in [6.07, 6.45) is 0. The predicted molar refractivity (Wildman–Crippen MR) is 101 cm³/mol. The average Bonchev–Trinajstić information content (AvgIpc) is 2.84. The zero-order chi connectivity index (χ0) is 18.7. The first-order valence-corrected chi connectivity index (χ1v) is 8.32. The Hall–Kier alpha value is -3.21. The van der Waals surface area contributed by atoms with E-state index in [-0.39, 0.29) is 0 Å². The Kier molecular flexibility index (Phi) is 4.98. The molecule has 0 radical (unpaired) electrons. The molecule has 0 amide bonds. The van der Waals surface area contributed by atoms with Crippen LogP contribution >= 0.6 is 0 Å². The summed E-state index contributed by atoms with van der Waals surface area (Å²) in [5.74, 6) is 4.30. The fourth-order valence-corrected chi connectivity index (χ4v) is 2.49. The molecule has 0 N–H and O–H groups in total. The second-order valence-electron chi connectivity index (χ2n) is 6.09. The van der Waals surface area contributed by atoms with Crippen molar-refractivity contribution in [1.82, 2.24) is 9.78 Å². The van der Waals surface area contributed by atoms with Gasteiger partial charge in [-0.25, -0.2) is 4.68 Å². The van der Waals surface area contributed by atoms with Gasteiger partial charge >= 0.3 is 0 Å². The van der Waals surface area contributed by atoms with Crippen LogP contribution in [0, 0.1) is 13.8 Å². The molecular weight excluding hydrogens is 328 g/mol. The van der Waals surface area contributed by atoms with E-state index in [2.05, 4.69) is 11.7 Å². The molecule has 0 aliphatic rings. The largest absolute Gasteiger partial charge is 0.463 e. The molecule has 0 bridgehead atoms. The van der Waals surface area contributed by atoms with Crippen molar-refractivity contribution < 1.29 is 14.2 Å². The van der Waals surface area contributed by atoms with Gasteiger partial charge in [-0.15, -0.1) is 0 Å². The van der Waals surface area contributed by atoms with Gasteiger partial charge in [0.15, 0.2) is 0 Å². The number of ether oxygens (including phenoxy) is 3. The predicted octanol–water partition coefficient (Wildman–Crippen LogP) is 5.53. The number of benzene rings is 2. The van der Waals surface area contributed by atoms with Crippen molar-refractivity contribution in [2.75, 3.05) is 0 Å². The lowest BCUT2D eigenvalue weighted by Gasteiger charge is -2.10. The number of hydrogen-bond donors (Lipinski definition) is 0. The van der Waals surface area contributed by atoms with E-state index < -0.39 is 0 Å². The summed E-state index contributed by atoms with van der Waals surface area (Å²) in [5, 5.41) is 4.36. The van der Waals surface area contributed by atoms with Gasteiger partial charge < -0.3 is 14.2 Å². The van der Waals surface area contributed by atoms with Crippen LogP contribution in [0.1, 0.15) is 18.2 Å². The molecule has 26 heavy (non-hydrogen) atoms. The zero-order valence-electron chi connectivity index (χ0n) is 15.4. The normalized spacial score (nSPS) is 10.5. The molecule has 5 heteroatoms. The van der Waals surface area contributed by atoms with Crippen LogP contribution in [-0.2, 0) is 7.05 Å². The van der Waals surface area contributed by atoms with Crippen LogP contribution in [0.3, 0.4) is 0 Å². The Balaban J connectivity index is 1.67. The van der Waals surface area contributed by atoms with Gasteiger partial charge in [0.1, 0.15) is 23.0 Å². The molecule has 0 spiro atoms. The first-order chi connectivity index (χ1) is 12.4. The minimum atomic E-state index is 0.646. The van der Waals surface area contributed by atoms with Crippen molar-refractivity contribution in [2.45, 2.75) is 20.8 Å².